The summed E-state index contributed by atoms with van der Waals surface area (Å²) in [6.07, 6.45) is 3.62. The van der Waals surface area contributed by atoms with Gasteiger partial charge in [-0.1, -0.05) is 66.2 Å². The van der Waals surface area contributed by atoms with Crippen molar-refractivity contribution in [2.45, 2.75) is 19.9 Å². The molecule has 0 saturated heterocycles. The summed E-state index contributed by atoms with van der Waals surface area (Å²) in [5, 5.41) is 10.1. The molecule has 6 nitrogen and oxygen atoms in total. The number of nitrogens with one attached hydrogen (secondary N) is 2. The number of aryl methyl sites for hydroxylation is 1. The quantitative estimate of drug-likeness (QED) is 0.465. The zero-order valence-corrected chi connectivity index (χ0v) is 17.8. The maximum absolute atomic E-state index is 12.6. The number of anilines is 1. The molecule has 0 bridgehead atoms. The number of hydrogen-bond acceptors (Lipinski definition) is 3. The van der Waals surface area contributed by atoms with Gasteiger partial charge in [0.2, 0.25) is 5.91 Å². The number of nitrogens with zero attached hydrogens (tertiary/aromatic N) is 2. The van der Waals surface area contributed by atoms with Gasteiger partial charge >= 0.3 is 0 Å². The number of benzene rings is 3. The van der Waals surface area contributed by atoms with Gasteiger partial charge in [-0.2, -0.15) is 5.10 Å². The van der Waals surface area contributed by atoms with Crippen LogP contribution >= 0.6 is 0 Å². The Bertz CT molecular complexity index is 1230. The molecule has 2 N–H and O–H groups in total. The van der Waals surface area contributed by atoms with Crippen LogP contribution in [0.2, 0.25) is 0 Å². The largest absolute Gasteiger partial charge is 0.348 e. The maximum Gasteiger partial charge on any atom is 0.251 e. The van der Waals surface area contributed by atoms with E-state index in [0.717, 1.165) is 22.4 Å². The molecule has 4 aromatic rings. The highest BCUT2D eigenvalue weighted by molar-refractivity contribution is 5.94. The monoisotopic (exact) mass is 424 g/mol. The van der Waals surface area contributed by atoms with Crippen LogP contribution in [0.1, 0.15) is 27.0 Å². The van der Waals surface area contributed by atoms with Gasteiger partial charge in [-0.25, -0.2) is 4.68 Å². The molecule has 3 aromatic carbocycles. The normalized spacial score (nSPS) is 10.5. The third-order valence-electron chi connectivity index (χ3n) is 4.98. The topological polar surface area (TPSA) is 76.0 Å². The molecule has 0 fully saturated rings. The predicted octanol–water partition coefficient (Wildman–Crippen LogP) is 4.29. The first-order valence-corrected chi connectivity index (χ1v) is 10.4. The minimum atomic E-state index is -0.158. The van der Waals surface area contributed by atoms with Crippen LogP contribution in [0.25, 0.3) is 5.69 Å². The third-order valence-corrected chi connectivity index (χ3v) is 4.98. The van der Waals surface area contributed by atoms with Crippen LogP contribution in [0.3, 0.4) is 0 Å². The molecule has 2 amide bonds. The molecule has 4 rings (SSSR count). The average Bonchev–Trinajstić information content (AvgIpc) is 3.26. The Morgan fingerprint density at radius 3 is 2.50 bits per heavy atom. The van der Waals surface area contributed by atoms with Crippen LogP contribution in [0, 0.1) is 6.92 Å². The van der Waals surface area contributed by atoms with Crippen molar-refractivity contribution in [3.05, 3.63) is 114 Å². The van der Waals surface area contributed by atoms with Crippen molar-refractivity contribution < 1.29 is 9.59 Å². The number of hydrogen-bond donors (Lipinski definition) is 2. The Kier molecular flexibility index (Phi) is 6.41. The van der Waals surface area contributed by atoms with E-state index in [2.05, 4.69) is 15.7 Å². The van der Waals surface area contributed by atoms with Gasteiger partial charge in [-0.05, 0) is 36.2 Å². The van der Waals surface area contributed by atoms with E-state index >= 15 is 0 Å². The number of rotatable bonds is 7. The van der Waals surface area contributed by atoms with Crippen molar-refractivity contribution in [2.75, 3.05) is 5.32 Å². The van der Waals surface area contributed by atoms with Gasteiger partial charge in [0.25, 0.3) is 5.91 Å². The fraction of sp³-hybridized carbons (Fsp3) is 0.115. The van der Waals surface area contributed by atoms with E-state index in [0.29, 0.717) is 24.2 Å². The lowest BCUT2D eigenvalue weighted by molar-refractivity contribution is -0.115. The average molecular weight is 425 g/mol. The van der Waals surface area contributed by atoms with E-state index in [4.69, 9.17) is 0 Å². The Balaban J connectivity index is 1.39. The van der Waals surface area contributed by atoms with Crippen LogP contribution in [0.4, 0.5) is 5.69 Å². The van der Waals surface area contributed by atoms with Gasteiger partial charge in [0.15, 0.2) is 0 Å². The summed E-state index contributed by atoms with van der Waals surface area (Å²) >= 11 is 0. The van der Waals surface area contributed by atoms with Gasteiger partial charge < -0.3 is 10.6 Å². The highest BCUT2D eigenvalue weighted by Gasteiger charge is 2.10. The van der Waals surface area contributed by atoms with Crippen molar-refractivity contribution in [1.29, 1.82) is 0 Å². The summed E-state index contributed by atoms with van der Waals surface area (Å²) in [6, 6.07) is 24.8. The lowest BCUT2D eigenvalue weighted by Gasteiger charge is -2.07. The lowest BCUT2D eigenvalue weighted by atomic mass is 10.1. The van der Waals surface area contributed by atoms with Gasteiger partial charge in [-0.3, -0.25) is 9.59 Å². The minimum absolute atomic E-state index is 0.107. The van der Waals surface area contributed by atoms with Gasteiger partial charge in [0.1, 0.15) is 0 Å². The molecule has 32 heavy (non-hydrogen) atoms. The van der Waals surface area contributed by atoms with Crippen LogP contribution < -0.4 is 10.6 Å². The molecule has 0 saturated carbocycles. The molecule has 0 radical (unpaired) electrons. The van der Waals surface area contributed by atoms with Gasteiger partial charge in [0.05, 0.1) is 30.2 Å². The van der Waals surface area contributed by atoms with Crippen molar-refractivity contribution in [1.82, 2.24) is 15.1 Å². The Labute approximate surface area is 186 Å². The first-order chi connectivity index (χ1) is 15.6. The van der Waals surface area contributed by atoms with Crippen LogP contribution in [-0.4, -0.2) is 21.6 Å². The predicted molar refractivity (Wildman–Crippen MR) is 125 cm³/mol. The number of carbonyl (C=O) groups is 2. The second kappa shape index (κ2) is 9.75. The first kappa shape index (κ1) is 21.1. The lowest BCUT2D eigenvalue weighted by Crippen LogP contribution is -2.22. The van der Waals surface area contributed by atoms with Gasteiger partial charge in [-0.15, -0.1) is 0 Å². The number of aromatic nitrogens is 2. The summed E-state index contributed by atoms with van der Waals surface area (Å²) in [4.78, 5) is 24.9. The van der Waals surface area contributed by atoms with Crippen molar-refractivity contribution in [2.24, 2.45) is 0 Å². The molecule has 6 heteroatoms. The molecule has 1 heterocycles. The molecule has 0 aliphatic heterocycles. The molecule has 0 spiro atoms. The molecule has 1 aromatic heterocycles. The highest BCUT2D eigenvalue weighted by Crippen LogP contribution is 2.15. The summed E-state index contributed by atoms with van der Waals surface area (Å²) in [6.45, 7) is 2.46. The smallest absolute Gasteiger partial charge is 0.251 e. The van der Waals surface area contributed by atoms with E-state index in [1.165, 1.54) is 0 Å². The van der Waals surface area contributed by atoms with Crippen molar-refractivity contribution >= 4 is 17.5 Å². The summed E-state index contributed by atoms with van der Waals surface area (Å²) in [7, 11) is 0. The molecule has 0 aliphatic carbocycles. The third kappa shape index (κ3) is 5.49. The zero-order chi connectivity index (χ0) is 22.3. The summed E-state index contributed by atoms with van der Waals surface area (Å²) in [5.41, 5.74) is 4.99. The Hall–Kier alpha value is -4.19. The van der Waals surface area contributed by atoms with Gasteiger partial charge in [0, 0.05) is 12.1 Å². The van der Waals surface area contributed by atoms with Crippen LogP contribution in [-0.2, 0) is 17.8 Å². The molecular formula is C26H24N4O2. The maximum atomic E-state index is 12.6. The fourth-order valence-corrected chi connectivity index (χ4v) is 3.41. The molecule has 160 valence electrons. The van der Waals surface area contributed by atoms with E-state index in [9.17, 15) is 9.59 Å². The van der Waals surface area contributed by atoms with E-state index in [1.807, 2.05) is 73.7 Å². The fourth-order valence-electron chi connectivity index (χ4n) is 3.41. The molecule has 0 atom stereocenters. The Morgan fingerprint density at radius 1 is 0.906 bits per heavy atom. The second-order valence-electron chi connectivity index (χ2n) is 7.61. The molecule has 0 aliphatic rings. The van der Waals surface area contributed by atoms with Crippen LogP contribution in [0.15, 0.2) is 91.3 Å². The first-order valence-electron chi connectivity index (χ1n) is 10.4. The van der Waals surface area contributed by atoms with Crippen LogP contribution in [0.5, 0.6) is 0 Å². The standard InChI is InChI=1S/C26H24N4O2/c1-19-7-5-10-21(13-19)14-25(31)29-23-17-28-30(18-23)24-12-6-11-22(15-24)26(32)27-16-20-8-3-2-4-9-20/h2-13,15,17-18H,14,16H2,1H3,(H,27,32)(H,29,31). The number of carbonyl (C=O) groups excluding carboxylic acids is 2. The van der Waals surface area contributed by atoms with Crippen molar-refractivity contribution in [3.63, 3.8) is 0 Å². The van der Waals surface area contributed by atoms with E-state index in [-0.39, 0.29) is 11.8 Å². The highest BCUT2D eigenvalue weighted by atomic mass is 16.2. The van der Waals surface area contributed by atoms with E-state index in [1.54, 1.807) is 29.2 Å². The number of amides is 2. The van der Waals surface area contributed by atoms with E-state index < -0.39 is 0 Å². The molecular weight excluding hydrogens is 400 g/mol. The van der Waals surface area contributed by atoms with Crippen molar-refractivity contribution in [3.8, 4) is 5.69 Å². The summed E-state index contributed by atoms with van der Waals surface area (Å²) < 4.78 is 1.64. The zero-order valence-electron chi connectivity index (χ0n) is 17.8. The second-order valence-corrected chi connectivity index (χ2v) is 7.61. The SMILES string of the molecule is Cc1cccc(CC(=O)Nc2cnn(-c3cccc(C(=O)NCc4ccccc4)c3)c2)c1. The molecule has 0 unspecified atom stereocenters. The summed E-state index contributed by atoms with van der Waals surface area (Å²) in [5.74, 6) is -0.265. The Morgan fingerprint density at radius 2 is 1.69 bits per heavy atom. The minimum Gasteiger partial charge on any atom is -0.348 e.